The van der Waals surface area contributed by atoms with Gasteiger partial charge in [-0.05, 0) is 37.0 Å². The quantitative estimate of drug-likeness (QED) is 0.912. The zero-order valence-electron chi connectivity index (χ0n) is 9.63. The van der Waals surface area contributed by atoms with Crippen LogP contribution in [0.25, 0.3) is 11.0 Å². The number of ether oxygens (including phenoxy) is 1. The largest absolute Gasteiger partial charge is 0.493 e. The van der Waals surface area contributed by atoms with Gasteiger partial charge in [0.1, 0.15) is 0 Å². The minimum atomic E-state index is -0.0634. The van der Waals surface area contributed by atoms with Crippen LogP contribution in [0.5, 0.6) is 5.75 Å². The standard InChI is InChI=1S/C13H14ClNO2/c1-16-10-6-8(7-13(15)3-4-13)11(14)9-2-5-17-12(9)10/h2,5-6H,3-4,7,15H2,1H3. The lowest BCUT2D eigenvalue weighted by Gasteiger charge is -2.12. The lowest BCUT2D eigenvalue weighted by atomic mass is 10.0. The number of methoxy groups -OCH3 is 1. The summed E-state index contributed by atoms with van der Waals surface area (Å²) in [4.78, 5) is 0. The highest BCUT2D eigenvalue weighted by atomic mass is 35.5. The average Bonchev–Trinajstić information content (AvgIpc) is 2.85. The fourth-order valence-corrected chi connectivity index (χ4v) is 2.40. The summed E-state index contributed by atoms with van der Waals surface area (Å²) < 4.78 is 10.7. The normalized spacial score (nSPS) is 17.4. The summed E-state index contributed by atoms with van der Waals surface area (Å²) in [5, 5.41) is 1.62. The van der Waals surface area contributed by atoms with Gasteiger partial charge in [0.2, 0.25) is 0 Å². The van der Waals surface area contributed by atoms with Crippen LogP contribution in [-0.2, 0) is 6.42 Å². The Morgan fingerprint density at radius 3 is 2.94 bits per heavy atom. The molecule has 1 fully saturated rings. The van der Waals surface area contributed by atoms with Gasteiger partial charge in [-0.1, -0.05) is 11.6 Å². The lowest BCUT2D eigenvalue weighted by Crippen LogP contribution is -2.24. The maximum Gasteiger partial charge on any atom is 0.177 e. The zero-order chi connectivity index (χ0) is 12.0. The van der Waals surface area contributed by atoms with E-state index in [1.165, 1.54) is 0 Å². The maximum absolute atomic E-state index is 6.37. The second-order valence-corrected chi connectivity index (χ2v) is 5.13. The van der Waals surface area contributed by atoms with E-state index in [0.29, 0.717) is 11.3 Å². The third-order valence-electron chi connectivity index (χ3n) is 3.37. The first-order chi connectivity index (χ1) is 8.13. The van der Waals surface area contributed by atoms with Crippen molar-refractivity contribution >= 4 is 22.6 Å². The van der Waals surface area contributed by atoms with Gasteiger partial charge in [0.15, 0.2) is 11.3 Å². The van der Waals surface area contributed by atoms with E-state index in [1.54, 1.807) is 13.4 Å². The zero-order valence-corrected chi connectivity index (χ0v) is 10.4. The lowest BCUT2D eigenvalue weighted by molar-refractivity contribution is 0.409. The molecule has 0 radical (unpaired) electrons. The van der Waals surface area contributed by atoms with Crippen molar-refractivity contribution in [1.29, 1.82) is 0 Å². The summed E-state index contributed by atoms with van der Waals surface area (Å²) in [5.41, 5.74) is 7.81. The molecule has 0 spiro atoms. The van der Waals surface area contributed by atoms with Gasteiger partial charge in [-0.25, -0.2) is 0 Å². The molecule has 0 unspecified atom stereocenters. The Balaban J connectivity index is 2.13. The van der Waals surface area contributed by atoms with E-state index < -0.39 is 0 Å². The van der Waals surface area contributed by atoms with Crippen molar-refractivity contribution in [3.05, 3.63) is 29.0 Å². The molecule has 1 aromatic carbocycles. The molecule has 1 aromatic heterocycles. The van der Waals surface area contributed by atoms with E-state index in [9.17, 15) is 0 Å². The predicted octanol–water partition coefficient (Wildman–Crippen LogP) is 3.13. The Morgan fingerprint density at radius 1 is 1.53 bits per heavy atom. The molecule has 3 nitrogen and oxygen atoms in total. The first kappa shape index (κ1) is 10.9. The molecular weight excluding hydrogens is 238 g/mol. The molecule has 0 saturated heterocycles. The van der Waals surface area contributed by atoms with Gasteiger partial charge in [0.25, 0.3) is 0 Å². The fourth-order valence-electron chi connectivity index (χ4n) is 2.13. The highest BCUT2D eigenvalue weighted by Crippen LogP contribution is 2.41. The van der Waals surface area contributed by atoms with E-state index in [4.69, 9.17) is 26.5 Å². The van der Waals surface area contributed by atoms with Crippen molar-refractivity contribution in [3.63, 3.8) is 0 Å². The first-order valence-corrected chi connectivity index (χ1v) is 6.02. The maximum atomic E-state index is 6.37. The number of furan rings is 1. The molecule has 0 aliphatic heterocycles. The fraction of sp³-hybridized carbons (Fsp3) is 0.385. The molecule has 17 heavy (non-hydrogen) atoms. The molecule has 1 saturated carbocycles. The monoisotopic (exact) mass is 251 g/mol. The topological polar surface area (TPSA) is 48.4 Å². The minimum Gasteiger partial charge on any atom is -0.493 e. The van der Waals surface area contributed by atoms with E-state index >= 15 is 0 Å². The molecule has 90 valence electrons. The number of fused-ring (bicyclic) bond motifs is 1. The summed E-state index contributed by atoms with van der Waals surface area (Å²) in [7, 11) is 1.63. The van der Waals surface area contributed by atoms with Crippen LogP contribution < -0.4 is 10.5 Å². The molecule has 2 N–H and O–H groups in total. The van der Waals surface area contributed by atoms with Crippen LogP contribution in [0.2, 0.25) is 5.02 Å². The Hall–Kier alpha value is -1.19. The van der Waals surface area contributed by atoms with E-state index in [0.717, 1.165) is 35.2 Å². The highest BCUT2D eigenvalue weighted by molar-refractivity contribution is 6.36. The van der Waals surface area contributed by atoms with Gasteiger partial charge in [-0.3, -0.25) is 0 Å². The van der Waals surface area contributed by atoms with Crippen molar-refractivity contribution in [2.75, 3.05) is 7.11 Å². The van der Waals surface area contributed by atoms with Crippen LogP contribution in [-0.4, -0.2) is 12.6 Å². The molecule has 1 aliphatic rings. The van der Waals surface area contributed by atoms with Crippen molar-refractivity contribution < 1.29 is 9.15 Å². The van der Waals surface area contributed by atoms with Gasteiger partial charge >= 0.3 is 0 Å². The van der Waals surface area contributed by atoms with Crippen molar-refractivity contribution in [1.82, 2.24) is 0 Å². The van der Waals surface area contributed by atoms with E-state index in [1.807, 2.05) is 12.1 Å². The Labute approximate surface area is 104 Å². The van der Waals surface area contributed by atoms with Gasteiger partial charge in [0.05, 0.1) is 18.4 Å². The second kappa shape index (κ2) is 3.65. The van der Waals surface area contributed by atoms with Crippen LogP contribution in [0.4, 0.5) is 0 Å². The highest BCUT2D eigenvalue weighted by Gasteiger charge is 2.38. The second-order valence-electron chi connectivity index (χ2n) is 4.75. The third kappa shape index (κ3) is 1.79. The number of hydrogen-bond donors (Lipinski definition) is 1. The Kier molecular flexibility index (Phi) is 2.35. The molecular formula is C13H14ClNO2. The molecule has 0 bridgehead atoms. The van der Waals surface area contributed by atoms with Crippen molar-refractivity contribution in [2.24, 2.45) is 5.73 Å². The first-order valence-electron chi connectivity index (χ1n) is 5.64. The number of nitrogens with two attached hydrogens (primary N) is 1. The Morgan fingerprint density at radius 2 is 2.29 bits per heavy atom. The number of benzene rings is 1. The number of halogens is 1. The van der Waals surface area contributed by atoms with Crippen LogP contribution in [0.15, 0.2) is 22.8 Å². The summed E-state index contributed by atoms with van der Waals surface area (Å²) in [5.74, 6) is 0.716. The average molecular weight is 252 g/mol. The van der Waals surface area contributed by atoms with Gasteiger partial charge < -0.3 is 14.9 Å². The van der Waals surface area contributed by atoms with E-state index in [2.05, 4.69) is 0 Å². The summed E-state index contributed by atoms with van der Waals surface area (Å²) in [6.45, 7) is 0. The third-order valence-corrected chi connectivity index (χ3v) is 3.81. The molecule has 1 aliphatic carbocycles. The minimum absolute atomic E-state index is 0.0634. The van der Waals surface area contributed by atoms with Crippen LogP contribution in [0, 0.1) is 0 Å². The molecule has 0 atom stereocenters. The summed E-state index contributed by atoms with van der Waals surface area (Å²) >= 11 is 6.37. The van der Waals surface area contributed by atoms with Gasteiger partial charge in [-0.2, -0.15) is 0 Å². The Bertz CT molecular complexity index is 572. The van der Waals surface area contributed by atoms with Crippen LogP contribution in [0.1, 0.15) is 18.4 Å². The predicted molar refractivity (Wildman–Crippen MR) is 67.6 cm³/mol. The van der Waals surface area contributed by atoms with E-state index in [-0.39, 0.29) is 5.54 Å². The van der Waals surface area contributed by atoms with Gasteiger partial charge in [-0.15, -0.1) is 0 Å². The smallest absolute Gasteiger partial charge is 0.177 e. The molecule has 0 amide bonds. The van der Waals surface area contributed by atoms with Crippen molar-refractivity contribution in [3.8, 4) is 5.75 Å². The van der Waals surface area contributed by atoms with Crippen molar-refractivity contribution in [2.45, 2.75) is 24.8 Å². The molecule has 3 rings (SSSR count). The number of rotatable bonds is 3. The van der Waals surface area contributed by atoms with Crippen LogP contribution in [0.3, 0.4) is 0 Å². The summed E-state index contributed by atoms with van der Waals surface area (Å²) in [6, 6.07) is 3.79. The van der Waals surface area contributed by atoms with Crippen LogP contribution >= 0.6 is 11.6 Å². The molecule has 4 heteroatoms. The summed E-state index contributed by atoms with van der Waals surface area (Å²) in [6.07, 6.45) is 4.55. The molecule has 2 aromatic rings. The SMILES string of the molecule is COc1cc(CC2(N)CC2)c(Cl)c2ccoc12. The van der Waals surface area contributed by atoms with Gasteiger partial charge in [0, 0.05) is 10.9 Å². The molecule has 1 heterocycles. The number of hydrogen-bond acceptors (Lipinski definition) is 3.